The molecule has 1 aliphatic heterocycles. The van der Waals surface area contributed by atoms with Gasteiger partial charge in [-0.1, -0.05) is 40.2 Å². The number of aliphatic hydroxyl groups is 1. The number of Topliss-reactive ketones (excluding diaryl/α,β-unsaturated/α-hetero) is 1. The number of ketones is 1. The molecule has 0 bridgehead atoms. The molecule has 4 aromatic rings. The molecular formula is C26H17BrFNO5. The summed E-state index contributed by atoms with van der Waals surface area (Å²) in [5.41, 5.74) is 0.588. The van der Waals surface area contributed by atoms with E-state index in [9.17, 15) is 19.1 Å². The number of amides is 1. The number of hydrogen-bond acceptors (Lipinski definition) is 5. The third kappa shape index (κ3) is 3.56. The van der Waals surface area contributed by atoms with Gasteiger partial charge in [0.15, 0.2) is 11.5 Å². The highest BCUT2D eigenvalue weighted by molar-refractivity contribution is 9.10. The maximum Gasteiger partial charge on any atom is 0.294 e. The molecule has 0 radical (unpaired) electrons. The summed E-state index contributed by atoms with van der Waals surface area (Å²) < 4.78 is 26.7. The fourth-order valence-electron chi connectivity index (χ4n) is 4.11. The van der Waals surface area contributed by atoms with Crippen LogP contribution in [-0.2, 0) is 4.79 Å². The van der Waals surface area contributed by atoms with Gasteiger partial charge in [0.25, 0.3) is 5.91 Å². The molecule has 1 amide bonds. The summed E-state index contributed by atoms with van der Waals surface area (Å²) in [7, 11) is 1.48. The highest BCUT2D eigenvalue weighted by atomic mass is 79.9. The second-order valence-electron chi connectivity index (χ2n) is 7.68. The van der Waals surface area contributed by atoms with Gasteiger partial charge in [0.05, 0.1) is 18.7 Å². The number of methoxy groups -OCH3 is 1. The third-order valence-electron chi connectivity index (χ3n) is 5.69. The van der Waals surface area contributed by atoms with E-state index in [0.717, 1.165) is 4.47 Å². The molecule has 6 nitrogen and oxygen atoms in total. The molecule has 0 aliphatic carbocycles. The topological polar surface area (TPSA) is 80.0 Å². The van der Waals surface area contributed by atoms with E-state index in [0.29, 0.717) is 22.4 Å². The normalized spacial score (nSPS) is 15.9. The molecule has 1 atom stereocenters. The third-order valence-corrected chi connectivity index (χ3v) is 6.18. The number of halogens is 2. The molecule has 0 saturated heterocycles. The van der Waals surface area contributed by atoms with Gasteiger partial charge in [0.1, 0.15) is 17.1 Å². The van der Waals surface area contributed by atoms with Gasteiger partial charge in [-0.15, -0.1) is 0 Å². The Hall–Kier alpha value is -3.91. The maximum atomic E-state index is 15.0. The SMILES string of the molecule is COc1cccc(N2C(=O)C(O)=C(C(=O)c3cc4cc(Br)ccc4o3)C2c2ccccc2F)c1. The van der Waals surface area contributed by atoms with Crippen LogP contribution in [-0.4, -0.2) is 23.9 Å². The molecule has 1 N–H and O–H groups in total. The quantitative estimate of drug-likeness (QED) is 0.319. The second kappa shape index (κ2) is 8.46. The molecule has 5 rings (SSSR count). The number of fused-ring (bicyclic) bond motifs is 1. The number of carbonyl (C=O) groups is 2. The Bertz CT molecular complexity index is 1490. The van der Waals surface area contributed by atoms with Gasteiger partial charge in [-0.05, 0) is 42.5 Å². The Balaban J connectivity index is 1.68. The molecule has 34 heavy (non-hydrogen) atoms. The first-order valence-corrected chi connectivity index (χ1v) is 11.1. The van der Waals surface area contributed by atoms with Gasteiger partial charge >= 0.3 is 0 Å². The molecule has 1 unspecified atom stereocenters. The van der Waals surface area contributed by atoms with Crippen molar-refractivity contribution >= 4 is 44.3 Å². The molecule has 0 saturated carbocycles. The highest BCUT2D eigenvalue weighted by Gasteiger charge is 2.46. The first-order valence-electron chi connectivity index (χ1n) is 10.3. The average Bonchev–Trinajstić information content (AvgIpc) is 3.37. The van der Waals surface area contributed by atoms with Crippen LogP contribution < -0.4 is 9.64 Å². The number of benzene rings is 3. The summed E-state index contributed by atoms with van der Waals surface area (Å²) in [6.07, 6.45) is 0. The number of aliphatic hydroxyl groups excluding tert-OH is 1. The number of carbonyl (C=O) groups excluding carboxylic acids is 2. The lowest BCUT2D eigenvalue weighted by molar-refractivity contribution is -0.117. The van der Waals surface area contributed by atoms with Crippen molar-refractivity contribution in [1.29, 1.82) is 0 Å². The zero-order valence-electron chi connectivity index (χ0n) is 17.8. The van der Waals surface area contributed by atoms with Crippen molar-refractivity contribution in [3.8, 4) is 5.75 Å². The Morgan fingerprint density at radius 1 is 1.09 bits per heavy atom. The van der Waals surface area contributed by atoms with Gasteiger partial charge < -0.3 is 14.3 Å². The van der Waals surface area contributed by atoms with Crippen molar-refractivity contribution in [2.75, 3.05) is 12.0 Å². The highest BCUT2D eigenvalue weighted by Crippen LogP contribution is 2.43. The zero-order valence-corrected chi connectivity index (χ0v) is 19.4. The van der Waals surface area contributed by atoms with Crippen LogP contribution in [0.5, 0.6) is 5.75 Å². The molecule has 3 aromatic carbocycles. The number of furan rings is 1. The number of rotatable bonds is 5. The Morgan fingerprint density at radius 3 is 2.65 bits per heavy atom. The predicted molar refractivity (Wildman–Crippen MR) is 128 cm³/mol. The van der Waals surface area contributed by atoms with Crippen LogP contribution >= 0.6 is 15.9 Å². The fraction of sp³-hybridized carbons (Fsp3) is 0.0769. The van der Waals surface area contributed by atoms with E-state index in [1.807, 2.05) is 0 Å². The van der Waals surface area contributed by atoms with Crippen molar-refractivity contribution in [3.05, 3.63) is 106 Å². The lowest BCUT2D eigenvalue weighted by Crippen LogP contribution is -2.31. The van der Waals surface area contributed by atoms with Crippen molar-refractivity contribution in [1.82, 2.24) is 0 Å². The Labute approximate surface area is 202 Å². The van der Waals surface area contributed by atoms with E-state index in [4.69, 9.17) is 9.15 Å². The summed E-state index contributed by atoms with van der Waals surface area (Å²) in [5.74, 6) is -2.54. The van der Waals surface area contributed by atoms with Gasteiger partial charge in [-0.3, -0.25) is 14.5 Å². The average molecular weight is 522 g/mol. The minimum atomic E-state index is -1.21. The van der Waals surface area contributed by atoms with Crippen LogP contribution in [0.1, 0.15) is 22.2 Å². The summed E-state index contributed by atoms with van der Waals surface area (Å²) in [4.78, 5) is 28.0. The largest absolute Gasteiger partial charge is 0.503 e. The van der Waals surface area contributed by atoms with Crippen molar-refractivity contribution in [2.45, 2.75) is 6.04 Å². The van der Waals surface area contributed by atoms with E-state index >= 15 is 0 Å². The van der Waals surface area contributed by atoms with E-state index < -0.39 is 29.3 Å². The van der Waals surface area contributed by atoms with Crippen LogP contribution in [0.2, 0.25) is 0 Å². The first kappa shape index (κ1) is 21.9. The smallest absolute Gasteiger partial charge is 0.294 e. The molecular weight excluding hydrogens is 505 g/mol. The second-order valence-corrected chi connectivity index (χ2v) is 8.60. The summed E-state index contributed by atoms with van der Waals surface area (Å²) >= 11 is 3.38. The Kier molecular flexibility index (Phi) is 5.45. The van der Waals surface area contributed by atoms with Crippen molar-refractivity contribution in [3.63, 3.8) is 0 Å². The van der Waals surface area contributed by atoms with Crippen LogP contribution in [0.25, 0.3) is 11.0 Å². The van der Waals surface area contributed by atoms with Crippen LogP contribution in [0, 0.1) is 5.82 Å². The van der Waals surface area contributed by atoms with Crippen molar-refractivity contribution in [2.24, 2.45) is 0 Å². The lowest BCUT2D eigenvalue weighted by atomic mass is 9.94. The Morgan fingerprint density at radius 2 is 1.88 bits per heavy atom. The first-order chi connectivity index (χ1) is 16.4. The van der Waals surface area contributed by atoms with Crippen LogP contribution in [0.3, 0.4) is 0 Å². The van der Waals surface area contributed by atoms with Gasteiger partial charge in [0.2, 0.25) is 5.78 Å². The minimum absolute atomic E-state index is 0.0601. The number of ether oxygens (including phenoxy) is 1. The van der Waals surface area contributed by atoms with Crippen LogP contribution in [0.15, 0.2) is 93.0 Å². The maximum absolute atomic E-state index is 15.0. The number of nitrogens with zero attached hydrogens (tertiary/aromatic N) is 1. The standard InChI is InChI=1S/C26H17BrFNO5/c1-33-17-6-4-5-16(13-17)29-23(18-7-2-3-8-19(18)28)22(25(31)26(29)32)24(30)21-12-14-11-15(27)9-10-20(14)34-21/h2-13,23,31H,1H3. The molecule has 1 aromatic heterocycles. The molecule has 0 spiro atoms. The number of anilines is 1. The van der Waals surface area contributed by atoms with E-state index in [1.54, 1.807) is 48.5 Å². The van der Waals surface area contributed by atoms with Gasteiger partial charge in [-0.25, -0.2) is 4.39 Å². The van der Waals surface area contributed by atoms with Gasteiger partial charge in [-0.2, -0.15) is 0 Å². The summed E-state index contributed by atoms with van der Waals surface area (Å²) in [5, 5.41) is 11.5. The van der Waals surface area contributed by atoms with E-state index in [1.165, 1.54) is 36.3 Å². The summed E-state index contributed by atoms with van der Waals surface area (Å²) in [6.45, 7) is 0. The molecule has 8 heteroatoms. The predicted octanol–water partition coefficient (Wildman–Crippen LogP) is 6.13. The van der Waals surface area contributed by atoms with Crippen molar-refractivity contribution < 1.29 is 28.2 Å². The molecule has 1 aliphatic rings. The molecule has 0 fully saturated rings. The van der Waals surface area contributed by atoms with E-state index in [-0.39, 0.29) is 16.9 Å². The minimum Gasteiger partial charge on any atom is -0.503 e. The zero-order chi connectivity index (χ0) is 24.0. The fourth-order valence-corrected chi connectivity index (χ4v) is 4.49. The monoisotopic (exact) mass is 521 g/mol. The number of hydrogen-bond donors (Lipinski definition) is 1. The van der Waals surface area contributed by atoms with Crippen LogP contribution in [0.4, 0.5) is 10.1 Å². The van der Waals surface area contributed by atoms with E-state index in [2.05, 4.69) is 15.9 Å². The summed E-state index contributed by atoms with van der Waals surface area (Å²) in [6, 6.07) is 17.9. The molecule has 170 valence electrons. The van der Waals surface area contributed by atoms with Gasteiger partial charge in [0, 0.05) is 27.2 Å². The lowest BCUT2D eigenvalue weighted by Gasteiger charge is -2.27. The molecule has 2 heterocycles.